The van der Waals surface area contributed by atoms with Crippen molar-refractivity contribution in [2.24, 2.45) is 0 Å². The Morgan fingerprint density at radius 2 is 2.06 bits per heavy atom. The topological polar surface area (TPSA) is 44.8 Å². The highest BCUT2D eigenvalue weighted by Crippen LogP contribution is 2.23. The fourth-order valence-corrected chi connectivity index (χ4v) is 1.32. The van der Waals surface area contributed by atoms with E-state index in [0.717, 1.165) is 19.3 Å². The third kappa shape index (κ3) is 4.44. The molecule has 0 N–H and O–H groups in total. The smallest absolute Gasteiger partial charge is 0.153 e. The molecule has 1 rings (SSSR count). The minimum Gasteiger partial charge on any atom is -0.497 e. The largest absolute Gasteiger partial charge is 0.497 e. The molecule has 0 aliphatic rings. The lowest BCUT2D eigenvalue weighted by Crippen LogP contribution is -2.08. The van der Waals surface area contributed by atoms with Gasteiger partial charge in [0.05, 0.1) is 19.3 Å². The second-order valence-corrected chi connectivity index (χ2v) is 3.48. The number of carbonyl (C=O) groups is 1. The van der Waals surface area contributed by atoms with Crippen molar-refractivity contribution in [3.05, 3.63) is 23.8 Å². The third-order valence-electron chi connectivity index (χ3n) is 2.18. The molecule has 17 heavy (non-hydrogen) atoms. The van der Waals surface area contributed by atoms with Crippen LogP contribution in [0.1, 0.15) is 23.7 Å². The highest BCUT2D eigenvalue weighted by molar-refractivity contribution is 5.79. The molecule has 0 radical (unpaired) electrons. The van der Waals surface area contributed by atoms with Crippen LogP contribution in [0.15, 0.2) is 18.2 Å². The molecule has 0 spiro atoms. The molecule has 1 aromatic carbocycles. The summed E-state index contributed by atoms with van der Waals surface area (Å²) in [5.41, 5.74) is 0.515. The van der Waals surface area contributed by atoms with E-state index in [1.54, 1.807) is 25.3 Å². The molecule has 0 aliphatic carbocycles. The Balaban J connectivity index is 2.52. The molecule has 0 atom stereocenters. The first kappa shape index (κ1) is 13.5. The quantitative estimate of drug-likeness (QED) is 0.515. The molecule has 0 bridgehead atoms. The van der Waals surface area contributed by atoms with Gasteiger partial charge in [-0.2, -0.15) is 0 Å². The van der Waals surface area contributed by atoms with Crippen molar-refractivity contribution in [1.82, 2.24) is 0 Å². The Morgan fingerprint density at radius 3 is 2.71 bits per heavy atom. The summed E-state index contributed by atoms with van der Waals surface area (Å²) in [7, 11) is 1.57. The Kier molecular flexibility index (Phi) is 6.10. The summed E-state index contributed by atoms with van der Waals surface area (Å²) in [5, 5.41) is 0. The zero-order chi connectivity index (χ0) is 12.5. The van der Waals surface area contributed by atoms with Gasteiger partial charge in [-0.1, -0.05) is 6.92 Å². The molecule has 0 unspecified atom stereocenters. The summed E-state index contributed by atoms with van der Waals surface area (Å²) < 4.78 is 15.8. The van der Waals surface area contributed by atoms with Crippen molar-refractivity contribution in [3.63, 3.8) is 0 Å². The zero-order valence-corrected chi connectivity index (χ0v) is 10.3. The molecule has 0 fully saturated rings. The van der Waals surface area contributed by atoms with Gasteiger partial charge in [0.1, 0.15) is 18.1 Å². The van der Waals surface area contributed by atoms with Gasteiger partial charge in [-0.25, -0.2) is 0 Å². The van der Waals surface area contributed by atoms with E-state index >= 15 is 0 Å². The van der Waals surface area contributed by atoms with Crippen LogP contribution in [-0.2, 0) is 4.74 Å². The lowest BCUT2D eigenvalue weighted by Gasteiger charge is -2.10. The van der Waals surface area contributed by atoms with Crippen LogP contribution >= 0.6 is 0 Å². The van der Waals surface area contributed by atoms with Gasteiger partial charge in [-0.3, -0.25) is 4.79 Å². The molecule has 94 valence electrons. The predicted molar refractivity (Wildman–Crippen MR) is 65.0 cm³/mol. The first-order valence-electron chi connectivity index (χ1n) is 5.65. The number of hydrogen-bond acceptors (Lipinski definition) is 4. The molecule has 0 amide bonds. The number of benzene rings is 1. The third-order valence-corrected chi connectivity index (χ3v) is 2.18. The molecular formula is C13H18O4. The van der Waals surface area contributed by atoms with Crippen LogP contribution < -0.4 is 9.47 Å². The van der Waals surface area contributed by atoms with Gasteiger partial charge < -0.3 is 14.2 Å². The summed E-state index contributed by atoms with van der Waals surface area (Å²) >= 11 is 0. The molecule has 0 aliphatic heterocycles. The fourth-order valence-electron chi connectivity index (χ4n) is 1.32. The van der Waals surface area contributed by atoms with Crippen LogP contribution in [0.4, 0.5) is 0 Å². The van der Waals surface area contributed by atoms with Crippen molar-refractivity contribution >= 4 is 6.29 Å². The van der Waals surface area contributed by atoms with Crippen molar-refractivity contribution < 1.29 is 19.0 Å². The van der Waals surface area contributed by atoms with E-state index in [1.165, 1.54) is 0 Å². The SMILES string of the molecule is CCCOCCOc1cc(OC)ccc1C=O. The maximum Gasteiger partial charge on any atom is 0.153 e. The van der Waals surface area contributed by atoms with Crippen molar-refractivity contribution in [3.8, 4) is 11.5 Å². The Bertz CT molecular complexity index is 349. The van der Waals surface area contributed by atoms with Crippen molar-refractivity contribution in [2.45, 2.75) is 13.3 Å². The summed E-state index contributed by atoms with van der Waals surface area (Å²) in [6, 6.07) is 5.10. The van der Waals surface area contributed by atoms with Crippen LogP contribution in [0.2, 0.25) is 0 Å². The lowest BCUT2D eigenvalue weighted by molar-refractivity contribution is 0.0991. The van der Waals surface area contributed by atoms with Crippen LogP contribution in [0.5, 0.6) is 11.5 Å². The van der Waals surface area contributed by atoms with E-state index < -0.39 is 0 Å². The van der Waals surface area contributed by atoms with Crippen molar-refractivity contribution in [2.75, 3.05) is 26.9 Å². The Morgan fingerprint density at radius 1 is 1.24 bits per heavy atom. The number of hydrogen-bond donors (Lipinski definition) is 0. The van der Waals surface area contributed by atoms with Gasteiger partial charge in [-0.15, -0.1) is 0 Å². The van der Waals surface area contributed by atoms with Crippen LogP contribution in [0.3, 0.4) is 0 Å². The number of aldehydes is 1. The molecular weight excluding hydrogens is 220 g/mol. The zero-order valence-electron chi connectivity index (χ0n) is 10.3. The number of ether oxygens (including phenoxy) is 3. The normalized spacial score (nSPS) is 10.0. The highest BCUT2D eigenvalue weighted by Gasteiger charge is 2.04. The lowest BCUT2D eigenvalue weighted by atomic mass is 10.2. The summed E-state index contributed by atoms with van der Waals surface area (Å²) in [6.07, 6.45) is 1.75. The van der Waals surface area contributed by atoms with E-state index in [0.29, 0.717) is 30.3 Å². The van der Waals surface area contributed by atoms with Gasteiger partial charge >= 0.3 is 0 Å². The molecule has 0 aromatic heterocycles. The van der Waals surface area contributed by atoms with Crippen molar-refractivity contribution in [1.29, 1.82) is 0 Å². The van der Waals surface area contributed by atoms with E-state index in [1.807, 2.05) is 6.92 Å². The van der Waals surface area contributed by atoms with Crippen LogP contribution in [-0.4, -0.2) is 33.2 Å². The number of rotatable bonds is 8. The molecule has 0 saturated heterocycles. The van der Waals surface area contributed by atoms with Gasteiger partial charge in [0, 0.05) is 12.7 Å². The summed E-state index contributed by atoms with van der Waals surface area (Å²) in [5.74, 6) is 1.19. The summed E-state index contributed by atoms with van der Waals surface area (Å²) in [4.78, 5) is 10.8. The monoisotopic (exact) mass is 238 g/mol. The Labute approximate surface area is 101 Å². The minimum atomic E-state index is 0.425. The Hall–Kier alpha value is -1.55. The molecule has 0 saturated carbocycles. The molecule has 1 aromatic rings. The van der Waals surface area contributed by atoms with Gasteiger partial charge in [-0.05, 0) is 18.6 Å². The standard InChI is InChI=1S/C13H18O4/c1-3-6-16-7-8-17-13-9-12(15-2)5-4-11(13)10-14/h4-5,9-10H,3,6-8H2,1-2H3. The van der Waals surface area contributed by atoms with E-state index in [2.05, 4.69) is 0 Å². The van der Waals surface area contributed by atoms with Crippen LogP contribution in [0.25, 0.3) is 0 Å². The van der Waals surface area contributed by atoms with E-state index in [-0.39, 0.29) is 0 Å². The fraction of sp³-hybridized carbons (Fsp3) is 0.462. The average molecular weight is 238 g/mol. The summed E-state index contributed by atoms with van der Waals surface area (Å²) in [6.45, 7) is 3.72. The first-order chi connectivity index (χ1) is 8.31. The van der Waals surface area contributed by atoms with Gasteiger partial charge in [0.25, 0.3) is 0 Å². The number of methoxy groups -OCH3 is 1. The second kappa shape index (κ2) is 7.68. The first-order valence-corrected chi connectivity index (χ1v) is 5.65. The van der Waals surface area contributed by atoms with E-state index in [4.69, 9.17) is 14.2 Å². The van der Waals surface area contributed by atoms with Gasteiger partial charge in [0.15, 0.2) is 6.29 Å². The van der Waals surface area contributed by atoms with Gasteiger partial charge in [0.2, 0.25) is 0 Å². The molecule has 4 heteroatoms. The second-order valence-electron chi connectivity index (χ2n) is 3.48. The maximum absolute atomic E-state index is 10.8. The molecule has 4 nitrogen and oxygen atoms in total. The highest BCUT2D eigenvalue weighted by atomic mass is 16.5. The minimum absolute atomic E-state index is 0.425. The maximum atomic E-state index is 10.8. The number of carbonyl (C=O) groups excluding carboxylic acids is 1. The van der Waals surface area contributed by atoms with Crippen LogP contribution in [0, 0.1) is 0 Å². The van der Waals surface area contributed by atoms with E-state index in [9.17, 15) is 4.79 Å². The average Bonchev–Trinajstić information content (AvgIpc) is 2.38. The molecule has 0 heterocycles. The predicted octanol–water partition coefficient (Wildman–Crippen LogP) is 2.31.